The first-order chi connectivity index (χ1) is 9.87. The zero-order valence-electron chi connectivity index (χ0n) is 12.5. The Kier molecular flexibility index (Phi) is 2.56. The highest BCUT2D eigenvalue weighted by molar-refractivity contribution is 5.41. The van der Waals surface area contributed by atoms with Gasteiger partial charge in [-0.15, -0.1) is 0 Å². The third kappa shape index (κ3) is 1.65. The number of ether oxygens (including phenoxy) is 1. The topological polar surface area (TPSA) is 49.7 Å². The molecule has 2 fully saturated rings. The second kappa shape index (κ2) is 3.97. The molecule has 2 bridgehead atoms. The maximum Gasteiger partial charge on any atom is 0.115 e. The number of rotatable bonds is 1. The minimum Gasteiger partial charge on any atom is -0.390 e. The van der Waals surface area contributed by atoms with Crippen LogP contribution in [0.5, 0.6) is 0 Å². The van der Waals surface area contributed by atoms with E-state index >= 15 is 0 Å². The molecule has 0 amide bonds. The lowest BCUT2D eigenvalue weighted by Crippen LogP contribution is -2.47. The summed E-state index contributed by atoms with van der Waals surface area (Å²) in [5.41, 5.74) is 0.133. The lowest BCUT2D eigenvalue weighted by Gasteiger charge is -2.43. The van der Waals surface area contributed by atoms with Crippen LogP contribution in [0, 0.1) is 5.92 Å². The molecule has 3 heteroatoms. The molecule has 1 aromatic carbocycles. The van der Waals surface area contributed by atoms with Crippen molar-refractivity contribution >= 4 is 0 Å². The fourth-order valence-electron chi connectivity index (χ4n) is 4.57. The fourth-order valence-corrected chi connectivity index (χ4v) is 4.57. The van der Waals surface area contributed by atoms with Gasteiger partial charge in [0.05, 0.1) is 17.3 Å². The van der Waals surface area contributed by atoms with Gasteiger partial charge in [0, 0.05) is 12.3 Å². The van der Waals surface area contributed by atoms with Crippen molar-refractivity contribution in [1.82, 2.24) is 0 Å². The highest BCUT2D eigenvalue weighted by atomic mass is 16.5. The van der Waals surface area contributed by atoms with E-state index in [0.717, 1.165) is 24.0 Å². The van der Waals surface area contributed by atoms with Gasteiger partial charge in [0.15, 0.2) is 0 Å². The predicted molar refractivity (Wildman–Crippen MR) is 79.7 cm³/mol. The van der Waals surface area contributed by atoms with E-state index in [1.54, 1.807) is 0 Å². The van der Waals surface area contributed by atoms with Crippen molar-refractivity contribution in [2.75, 3.05) is 0 Å². The van der Waals surface area contributed by atoms with E-state index in [9.17, 15) is 10.2 Å². The van der Waals surface area contributed by atoms with E-state index in [-0.39, 0.29) is 5.92 Å². The van der Waals surface area contributed by atoms with Gasteiger partial charge >= 0.3 is 0 Å². The van der Waals surface area contributed by atoms with Gasteiger partial charge in [0.1, 0.15) is 5.60 Å². The van der Waals surface area contributed by atoms with Crippen molar-refractivity contribution in [3.63, 3.8) is 0 Å². The standard InChI is InChI=1S/C18H22O3/c1-16(20)9-8-13-14(16)10-18(12-6-4-3-5-7-12)11-15(19)17(13,2)21-18/h3-7,10,13,15,19-20H,8-9,11H2,1-2H3/t13-,15-,16+,17+,18+/m1/s1. The van der Waals surface area contributed by atoms with Crippen LogP contribution < -0.4 is 0 Å². The van der Waals surface area contributed by atoms with E-state index in [1.165, 1.54) is 0 Å². The average molecular weight is 286 g/mol. The van der Waals surface area contributed by atoms with E-state index in [1.807, 2.05) is 44.2 Å². The number of benzene rings is 1. The molecule has 0 radical (unpaired) electrons. The fraction of sp³-hybridized carbons (Fsp3) is 0.556. The summed E-state index contributed by atoms with van der Waals surface area (Å²) in [6, 6.07) is 10.0. The van der Waals surface area contributed by atoms with Crippen LogP contribution in [0.25, 0.3) is 0 Å². The van der Waals surface area contributed by atoms with Crippen LogP contribution in [0.15, 0.2) is 42.0 Å². The second-order valence-electron chi connectivity index (χ2n) is 7.23. The molecule has 21 heavy (non-hydrogen) atoms. The number of fused-ring (bicyclic) bond motifs is 4. The number of hydrogen-bond donors (Lipinski definition) is 2. The molecule has 5 atom stereocenters. The maximum atomic E-state index is 10.7. The second-order valence-corrected chi connectivity index (χ2v) is 7.23. The summed E-state index contributed by atoms with van der Waals surface area (Å²) in [4.78, 5) is 0. The summed E-state index contributed by atoms with van der Waals surface area (Å²) in [7, 11) is 0. The Balaban J connectivity index is 1.91. The van der Waals surface area contributed by atoms with Crippen LogP contribution in [0.3, 0.4) is 0 Å². The SMILES string of the molecule is C[C@]12O[C@@](c3ccccc3)(C=C3[C@H]1CC[C@]3(C)O)C[C@H]2O. The van der Waals surface area contributed by atoms with Crippen molar-refractivity contribution in [2.45, 2.75) is 56.0 Å². The Morgan fingerprint density at radius 3 is 2.62 bits per heavy atom. The summed E-state index contributed by atoms with van der Waals surface area (Å²) in [5, 5.41) is 21.4. The Labute approximate surface area is 125 Å². The van der Waals surface area contributed by atoms with Crippen LogP contribution in [0.1, 0.15) is 38.7 Å². The maximum absolute atomic E-state index is 10.7. The van der Waals surface area contributed by atoms with E-state index in [0.29, 0.717) is 6.42 Å². The molecule has 2 aliphatic heterocycles. The highest BCUT2D eigenvalue weighted by Crippen LogP contribution is 2.60. The number of hydrogen-bond acceptors (Lipinski definition) is 3. The summed E-state index contributed by atoms with van der Waals surface area (Å²) >= 11 is 0. The number of aliphatic hydroxyl groups excluding tert-OH is 1. The summed E-state index contributed by atoms with van der Waals surface area (Å²) in [6.45, 7) is 3.89. The van der Waals surface area contributed by atoms with E-state index in [4.69, 9.17) is 4.74 Å². The average Bonchev–Trinajstić information content (AvgIpc) is 2.86. The van der Waals surface area contributed by atoms with Crippen molar-refractivity contribution < 1.29 is 14.9 Å². The molecule has 112 valence electrons. The molecule has 2 N–H and O–H groups in total. The molecule has 0 aromatic heterocycles. The van der Waals surface area contributed by atoms with Crippen LogP contribution in [0.4, 0.5) is 0 Å². The Bertz CT molecular complexity index is 606. The van der Waals surface area contributed by atoms with Crippen LogP contribution >= 0.6 is 0 Å². The first-order valence-electron chi connectivity index (χ1n) is 7.77. The summed E-state index contributed by atoms with van der Waals surface area (Å²) < 4.78 is 6.44. The van der Waals surface area contributed by atoms with Gasteiger partial charge in [0.25, 0.3) is 0 Å². The van der Waals surface area contributed by atoms with Crippen molar-refractivity contribution in [2.24, 2.45) is 5.92 Å². The quantitative estimate of drug-likeness (QED) is 0.780. The molecular weight excluding hydrogens is 264 g/mol. The van der Waals surface area contributed by atoms with E-state index in [2.05, 4.69) is 6.08 Å². The van der Waals surface area contributed by atoms with E-state index < -0.39 is 22.9 Å². The summed E-state index contributed by atoms with van der Waals surface area (Å²) in [5.74, 6) is 0.113. The Morgan fingerprint density at radius 1 is 1.19 bits per heavy atom. The van der Waals surface area contributed by atoms with Gasteiger partial charge in [-0.2, -0.15) is 0 Å². The van der Waals surface area contributed by atoms with Crippen molar-refractivity contribution in [1.29, 1.82) is 0 Å². The van der Waals surface area contributed by atoms with Crippen molar-refractivity contribution in [3.8, 4) is 0 Å². The zero-order valence-corrected chi connectivity index (χ0v) is 12.5. The molecule has 0 unspecified atom stereocenters. The highest BCUT2D eigenvalue weighted by Gasteiger charge is 2.63. The van der Waals surface area contributed by atoms with Crippen molar-refractivity contribution in [3.05, 3.63) is 47.5 Å². The molecular formula is C18H22O3. The molecule has 2 heterocycles. The van der Waals surface area contributed by atoms with Gasteiger partial charge in [-0.05, 0) is 43.9 Å². The minimum absolute atomic E-state index is 0.113. The predicted octanol–water partition coefficient (Wildman–Crippen LogP) is 2.52. The third-order valence-electron chi connectivity index (χ3n) is 5.82. The first kappa shape index (κ1) is 13.5. The smallest absolute Gasteiger partial charge is 0.115 e. The monoisotopic (exact) mass is 286 g/mol. The first-order valence-corrected chi connectivity index (χ1v) is 7.77. The summed E-state index contributed by atoms with van der Waals surface area (Å²) in [6.07, 6.45) is 3.75. The van der Waals surface area contributed by atoms with Crippen LogP contribution in [0.2, 0.25) is 0 Å². The van der Waals surface area contributed by atoms with Gasteiger partial charge < -0.3 is 14.9 Å². The molecule has 1 saturated heterocycles. The minimum atomic E-state index is -0.778. The van der Waals surface area contributed by atoms with Gasteiger partial charge in [0.2, 0.25) is 0 Å². The largest absolute Gasteiger partial charge is 0.390 e. The third-order valence-corrected chi connectivity index (χ3v) is 5.82. The molecule has 4 rings (SSSR count). The van der Waals surface area contributed by atoms with Gasteiger partial charge in [-0.25, -0.2) is 0 Å². The lowest BCUT2D eigenvalue weighted by atomic mass is 9.79. The van der Waals surface area contributed by atoms with Crippen LogP contribution in [-0.4, -0.2) is 27.5 Å². The molecule has 3 aliphatic rings. The molecule has 3 nitrogen and oxygen atoms in total. The zero-order chi connectivity index (χ0) is 14.9. The molecule has 1 aromatic rings. The Morgan fingerprint density at radius 2 is 1.90 bits per heavy atom. The lowest BCUT2D eigenvalue weighted by molar-refractivity contribution is -0.135. The normalized spacial score (nSPS) is 48.1. The molecule has 0 spiro atoms. The molecule has 1 saturated carbocycles. The van der Waals surface area contributed by atoms with Gasteiger partial charge in [-0.3, -0.25) is 0 Å². The van der Waals surface area contributed by atoms with Crippen LogP contribution in [-0.2, 0) is 10.3 Å². The molecule has 1 aliphatic carbocycles. The van der Waals surface area contributed by atoms with Gasteiger partial charge in [-0.1, -0.05) is 30.3 Å². The number of aliphatic hydroxyl groups is 2. The Hall–Kier alpha value is -1.16.